The molecule has 1 aromatic heterocycles. The predicted molar refractivity (Wildman–Crippen MR) is 58.6 cm³/mol. The van der Waals surface area contributed by atoms with E-state index in [1.807, 2.05) is 13.8 Å². The van der Waals surface area contributed by atoms with Gasteiger partial charge in [0.05, 0.1) is 5.69 Å². The number of hydrogen-bond donors (Lipinski definition) is 2. The summed E-state index contributed by atoms with van der Waals surface area (Å²) in [5, 5.41) is 7.02. The van der Waals surface area contributed by atoms with Crippen molar-refractivity contribution in [3.05, 3.63) is 17.5 Å². The number of nitrogens with zero attached hydrogens (tertiary/aromatic N) is 2. The fourth-order valence-corrected chi connectivity index (χ4v) is 1.36. The fraction of sp³-hybridized carbons (Fsp3) is 0.600. The second kappa shape index (κ2) is 5.50. The van der Waals surface area contributed by atoms with Gasteiger partial charge in [0.2, 0.25) is 0 Å². The van der Waals surface area contributed by atoms with E-state index >= 15 is 0 Å². The molecule has 0 saturated carbocycles. The summed E-state index contributed by atoms with van der Waals surface area (Å²) in [6, 6.07) is 1.79. The van der Waals surface area contributed by atoms with E-state index in [4.69, 9.17) is 5.73 Å². The molecule has 0 aliphatic carbocycles. The summed E-state index contributed by atoms with van der Waals surface area (Å²) in [6.45, 7) is 5.75. The maximum absolute atomic E-state index is 11.7. The molecule has 0 aromatic carbocycles. The Morgan fingerprint density at radius 2 is 2.40 bits per heavy atom. The van der Waals surface area contributed by atoms with Crippen LogP contribution in [0.4, 0.5) is 0 Å². The lowest BCUT2D eigenvalue weighted by molar-refractivity contribution is 0.0943. The van der Waals surface area contributed by atoms with Gasteiger partial charge < -0.3 is 11.1 Å². The minimum atomic E-state index is -0.0779. The molecule has 0 atom stereocenters. The van der Waals surface area contributed by atoms with Crippen molar-refractivity contribution < 1.29 is 4.79 Å². The molecule has 1 aromatic rings. The smallest absolute Gasteiger partial charge is 0.269 e. The van der Waals surface area contributed by atoms with Crippen molar-refractivity contribution >= 4 is 5.91 Å². The van der Waals surface area contributed by atoms with Crippen molar-refractivity contribution in [3.63, 3.8) is 0 Å². The van der Waals surface area contributed by atoms with Crippen LogP contribution in [0.2, 0.25) is 0 Å². The highest BCUT2D eigenvalue weighted by Gasteiger charge is 2.11. The Bertz CT molecular complexity index is 332. The van der Waals surface area contributed by atoms with Gasteiger partial charge in [0.1, 0.15) is 5.69 Å². The molecule has 0 unspecified atom stereocenters. The number of rotatable bonds is 5. The Kier molecular flexibility index (Phi) is 4.30. The highest BCUT2D eigenvalue weighted by atomic mass is 16.2. The molecule has 5 nitrogen and oxygen atoms in total. The third kappa shape index (κ3) is 3.06. The Morgan fingerprint density at radius 3 is 3.00 bits per heavy atom. The standard InChI is InChI=1S/C10H18N4O/c1-3-14-9(7-8(2)13-14)10(15)12-6-4-5-11/h7H,3-6,11H2,1-2H3,(H,12,15). The SMILES string of the molecule is CCn1nc(C)cc1C(=O)NCCCN. The second-order valence-electron chi connectivity index (χ2n) is 3.38. The first kappa shape index (κ1) is 11.7. The molecular weight excluding hydrogens is 192 g/mol. The second-order valence-corrected chi connectivity index (χ2v) is 3.38. The van der Waals surface area contributed by atoms with Crippen LogP contribution in [0.1, 0.15) is 29.5 Å². The summed E-state index contributed by atoms with van der Waals surface area (Å²) < 4.78 is 1.70. The zero-order valence-electron chi connectivity index (χ0n) is 9.29. The van der Waals surface area contributed by atoms with E-state index in [0.29, 0.717) is 25.3 Å². The van der Waals surface area contributed by atoms with Crippen LogP contribution in [0.5, 0.6) is 0 Å². The monoisotopic (exact) mass is 210 g/mol. The van der Waals surface area contributed by atoms with Crippen molar-refractivity contribution in [1.82, 2.24) is 15.1 Å². The lowest BCUT2D eigenvalue weighted by Crippen LogP contribution is -2.28. The Morgan fingerprint density at radius 1 is 1.67 bits per heavy atom. The lowest BCUT2D eigenvalue weighted by Gasteiger charge is -2.05. The Hall–Kier alpha value is -1.36. The summed E-state index contributed by atoms with van der Waals surface area (Å²) in [7, 11) is 0. The number of nitrogens with one attached hydrogen (secondary N) is 1. The normalized spacial score (nSPS) is 10.3. The molecule has 0 saturated heterocycles. The first-order valence-electron chi connectivity index (χ1n) is 5.21. The number of carbonyl (C=O) groups is 1. The molecule has 3 N–H and O–H groups in total. The molecule has 0 aliphatic heterocycles. The van der Waals surface area contributed by atoms with Crippen molar-refractivity contribution in [2.24, 2.45) is 5.73 Å². The van der Waals surface area contributed by atoms with E-state index in [9.17, 15) is 4.79 Å². The molecule has 84 valence electrons. The third-order valence-electron chi connectivity index (χ3n) is 2.10. The topological polar surface area (TPSA) is 72.9 Å². The number of amides is 1. The van der Waals surface area contributed by atoms with Gasteiger partial charge in [-0.2, -0.15) is 5.10 Å². The van der Waals surface area contributed by atoms with Crippen LogP contribution in [-0.4, -0.2) is 28.8 Å². The molecule has 1 amide bonds. The number of nitrogens with two attached hydrogens (primary N) is 1. The summed E-state index contributed by atoms with van der Waals surface area (Å²) in [5.74, 6) is -0.0779. The summed E-state index contributed by atoms with van der Waals surface area (Å²) in [5.41, 5.74) is 6.82. The molecule has 15 heavy (non-hydrogen) atoms. The summed E-state index contributed by atoms with van der Waals surface area (Å²) >= 11 is 0. The van der Waals surface area contributed by atoms with Crippen molar-refractivity contribution in [2.45, 2.75) is 26.8 Å². The van der Waals surface area contributed by atoms with E-state index in [1.54, 1.807) is 10.7 Å². The average Bonchev–Trinajstić information content (AvgIpc) is 2.60. The van der Waals surface area contributed by atoms with E-state index in [-0.39, 0.29) is 5.91 Å². The van der Waals surface area contributed by atoms with Crippen molar-refractivity contribution in [1.29, 1.82) is 0 Å². The van der Waals surface area contributed by atoms with Gasteiger partial charge in [-0.05, 0) is 32.9 Å². The van der Waals surface area contributed by atoms with E-state index in [1.165, 1.54) is 0 Å². The zero-order chi connectivity index (χ0) is 11.3. The molecule has 1 rings (SSSR count). The predicted octanol–water partition coefficient (Wildman–Crippen LogP) is 0.290. The van der Waals surface area contributed by atoms with Gasteiger partial charge in [0, 0.05) is 13.1 Å². The molecular formula is C10H18N4O. The first-order valence-corrected chi connectivity index (χ1v) is 5.21. The fourth-order valence-electron chi connectivity index (χ4n) is 1.36. The Labute approximate surface area is 89.6 Å². The van der Waals surface area contributed by atoms with Crippen molar-refractivity contribution in [3.8, 4) is 0 Å². The zero-order valence-corrected chi connectivity index (χ0v) is 9.29. The van der Waals surface area contributed by atoms with Crippen LogP contribution < -0.4 is 11.1 Å². The van der Waals surface area contributed by atoms with Gasteiger partial charge in [-0.25, -0.2) is 0 Å². The molecule has 0 fully saturated rings. The maximum atomic E-state index is 11.7. The van der Waals surface area contributed by atoms with E-state index in [2.05, 4.69) is 10.4 Å². The highest BCUT2D eigenvalue weighted by Crippen LogP contribution is 2.03. The maximum Gasteiger partial charge on any atom is 0.269 e. The largest absolute Gasteiger partial charge is 0.351 e. The van der Waals surface area contributed by atoms with Crippen LogP contribution >= 0.6 is 0 Å². The van der Waals surface area contributed by atoms with E-state index < -0.39 is 0 Å². The molecule has 0 bridgehead atoms. The highest BCUT2D eigenvalue weighted by molar-refractivity contribution is 5.92. The molecule has 0 aliphatic rings. The lowest BCUT2D eigenvalue weighted by atomic mass is 10.3. The summed E-state index contributed by atoms with van der Waals surface area (Å²) in [6.07, 6.45) is 0.797. The van der Waals surface area contributed by atoms with Gasteiger partial charge in [-0.15, -0.1) is 0 Å². The molecule has 0 radical (unpaired) electrons. The number of hydrogen-bond acceptors (Lipinski definition) is 3. The third-order valence-corrected chi connectivity index (χ3v) is 2.10. The van der Waals surface area contributed by atoms with Gasteiger partial charge in [-0.1, -0.05) is 0 Å². The first-order chi connectivity index (χ1) is 7.19. The quantitative estimate of drug-likeness (QED) is 0.686. The van der Waals surface area contributed by atoms with Gasteiger partial charge in [0.15, 0.2) is 0 Å². The molecule has 5 heteroatoms. The number of aromatic nitrogens is 2. The summed E-state index contributed by atoms with van der Waals surface area (Å²) in [4.78, 5) is 11.7. The number of aryl methyl sites for hydroxylation is 2. The minimum absolute atomic E-state index is 0.0779. The Balaban J connectivity index is 2.64. The number of carbonyl (C=O) groups excluding carboxylic acids is 1. The van der Waals surface area contributed by atoms with Crippen LogP contribution in [0.3, 0.4) is 0 Å². The van der Waals surface area contributed by atoms with Crippen LogP contribution in [0, 0.1) is 6.92 Å². The van der Waals surface area contributed by atoms with Gasteiger partial charge >= 0.3 is 0 Å². The van der Waals surface area contributed by atoms with Crippen LogP contribution in [0.15, 0.2) is 6.07 Å². The van der Waals surface area contributed by atoms with Gasteiger partial charge in [0.25, 0.3) is 5.91 Å². The average molecular weight is 210 g/mol. The molecule has 0 spiro atoms. The molecule has 1 heterocycles. The minimum Gasteiger partial charge on any atom is -0.351 e. The van der Waals surface area contributed by atoms with Gasteiger partial charge in [-0.3, -0.25) is 9.48 Å². The van der Waals surface area contributed by atoms with E-state index in [0.717, 1.165) is 12.1 Å². The van der Waals surface area contributed by atoms with Crippen LogP contribution in [0.25, 0.3) is 0 Å². The van der Waals surface area contributed by atoms with Crippen molar-refractivity contribution in [2.75, 3.05) is 13.1 Å². The van der Waals surface area contributed by atoms with Crippen LogP contribution in [-0.2, 0) is 6.54 Å².